The Labute approximate surface area is 140 Å². The Kier molecular flexibility index (Phi) is 8.52. The number of carbonyl (C=O) groups excluding carboxylic acids is 1. The first-order chi connectivity index (χ1) is 10.9. The highest BCUT2D eigenvalue weighted by Crippen LogP contribution is 2.18. The minimum absolute atomic E-state index is 0.333. The third-order valence-electron chi connectivity index (χ3n) is 3.53. The highest BCUT2D eigenvalue weighted by molar-refractivity contribution is 5.67. The van der Waals surface area contributed by atoms with Crippen LogP contribution in [0.2, 0.25) is 0 Å². The Hall–Kier alpha value is -1.71. The fraction of sp³-hybridized carbons (Fsp3) is 0.632. The number of phenolic OH excluding ortho intramolecular Hbond substituents is 1. The van der Waals surface area contributed by atoms with Crippen LogP contribution < -0.4 is 5.32 Å². The van der Waals surface area contributed by atoms with E-state index in [4.69, 9.17) is 4.74 Å². The number of para-hydroxylation sites is 1. The molecule has 0 unspecified atom stereocenters. The molecule has 0 bridgehead atoms. The van der Waals surface area contributed by atoms with Gasteiger partial charge in [0.05, 0.1) is 0 Å². The number of benzene rings is 1. The second-order valence-electron chi connectivity index (χ2n) is 6.93. The summed E-state index contributed by atoms with van der Waals surface area (Å²) in [7, 11) is 0. The average Bonchev–Trinajstić information content (AvgIpc) is 2.45. The van der Waals surface area contributed by atoms with Gasteiger partial charge in [0.15, 0.2) is 0 Å². The molecule has 4 heteroatoms. The lowest BCUT2D eigenvalue weighted by Gasteiger charge is -2.19. The van der Waals surface area contributed by atoms with Crippen molar-refractivity contribution in [3.05, 3.63) is 29.8 Å². The molecule has 130 valence electrons. The van der Waals surface area contributed by atoms with Gasteiger partial charge in [-0.05, 0) is 51.7 Å². The van der Waals surface area contributed by atoms with E-state index in [0.717, 1.165) is 31.2 Å². The lowest BCUT2D eigenvalue weighted by molar-refractivity contribution is 0.0527. The zero-order chi connectivity index (χ0) is 17.1. The van der Waals surface area contributed by atoms with Crippen molar-refractivity contribution in [2.45, 2.75) is 71.3 Å². The predicted molar refractivity (Wildman–Crippen MR) is 93.7 cm³/mol. The fourth-order valence-electron chi connectivity index (χ4n) is 2.37. The molecule has 1 rings (SSSR count). The molecule has 0 radical (unpaired) electrons. The lowest BCUT2D eigenvalue weighted by atomic mass is 10.0. The fourth-order valence-corrected chi connectivity index (χ4v) is 2.37. The Morgan fingerprint density at radius 1 is 1.04 bits per heavy atom. The molecule has 0 fully saturated rings. The molecular formula is C19H31NO3. The largest absolute Gasteiger partial charge is 0.508 e. The maximum Gasteiger partial charge on any atom is 0.407 e. The maximum atomic E-state index is 11.4. The standard InChI is InChI=1S/C19H31NO3/c1-19(2,3)23-18(22)20-15-11-7-5-4-6-8-12-16-13-9-10-14-17(16)21/h9-10,13-14,21H,4-8,11-12,15H2,1-3H3,(H,20,22). The van der Waals surface area contributed by atoms with E-state index in [1.54, 1.807) is 6.07 Å². The monoisotopic (exact) mass is 321 g/mol. The summed E-state index contributed by atoms with van der Waals surface area (Å²) in [6.07, 6.45) is 7.36. The number of rotatable bonds is 9. The number of nitrogens with one attached hydrogen (secondary N) is 1. The molecule has 1 aromatic rings. The van der Waals surface area contributed by atoms with Gasteiger partial charge in [-0.3, -0.25) is 0 Å². The molecule has 0 aliphatic rings. The summed E-state index contributed by atoms with van der Waals surface area (Å²) in [5.74, 6) is 0.403. The molecule has 0 aromatic heterocycles. The molecular weight excluding hydrogens is 290 g/mol. The van der Waals surface area contributed by atoms with Gasteiger partial charge < -0.3 is 15.2 Å². The number of aryl methyl sites for hydroxylation is 1. The zero-order valence-corrected chi connectivity index (χ0v) is 14.7. The first-order valence-electron chi connectivity index (χ1n) is 8.62. The Balaban J connectivity index is 1.94. The highest BCUT2D eigenvalue weighted by atomic mass is 16.6. The molecule has 0 saturated carbocycles. The van der Waals surface area contributed by atoms with Gasteiger partial charge in [0.1, 0.15) is 11.4 Å². The highest BCUT2D eigenvalue weighted by Gasteiger charge is 2.15. The van der Waals surface area contributed by atoms with Crippen LogP contribution in [0.1, 0.15) is 64.9 Å². The molecule has 2 N–H and O–H groups in total. The van der Waals surface area contributed by atoms with Crippen molar-refractivity contribution >= 4 is 6.09 Å². The van der Waals surface area contributed by atoms with E-state index >= 15 is 0 Å². The average molecular weight is 321 g/mol. The summed E-state index contributed by atoms with van der Waals surface area (Å²) in [5.41, 5.74) is 0.603. The van der Waals surface area contributed by atoms with E-state index < -0.39 is 5.60 Å². The van der Waals surface area contributed by atoms with Crippen LogP contribution >= 0.6 is 0 Å². The van der Waals surface area contributed by atoms with Crippen molar-refractivity contribution in [2.24, 2.45) is 0 Å². The van der Waals surface area contributed by atoms with Crippen molar-refractivity contribution in [1.29, 1.82) is 0 Å². The maximum absolute atomic E-state index is 11.4. The minimum atomic E-state index is -0.433. The summed E-state index contributed by atoms with van der Waals surface area (Å²) >= 11 is 0. The summed E-state index contributed by atoms with van der Waals surface area (Å²) in [5, 5.41) is 12.5. The minimum Gasteiger partial charge on any atom is -0.508 e. The number of alkyl carbamates (subject to hydrolysis) is 1. The van der Waals surface area contributed by atoms with Crippen LogP contribution in [0, 0.1) is 0 Å². The van der Waals surface area contributed by atoms with Gasteiger partial charge in [-0.2, -0.15) is 0 Å². The van der Waals surface area contributed by atoms with Crippen molar-refractivity contribution < 1.29 is 14.6 Å². The molecule has 0 aliphatic carbocycles. The molecule has 0 saturated heterocycles. The molecule has 0 spiro atoms. The van der Waals surface area contributed by atoms with Crippen LogP contribution in [0.5, 0.6) is 5.75 Å². The van der Waals surface area contributed by atoms with E-state index in [0.29, 0.717) is 12.3 Å². The second-order valence-corrected chi connectivity index (χ2v) is 6.93. The lowest BCUT2D eigenvalue weighted by Crippen LogP contribution is -2.32. The van der Waals surface area contributed by atoms with Crippen LogP contribution in [0.25, 0.3) is 0 Å². The van der Waals surface area contributed by atoms with Gasteiger partial charge in [0.2, 0.25) is 0 Å². The number of hydrogen-bond donors (Lipinski definition) is 2. The Bertz CT molecular complexity index is 466. The van der Waals surface area contributed by atoms with Crippen molar-refractivity contribution in [1.82, 2.24) is 5.32 Å². The van der Waals surface area contributed by atoms with Gasteiger partial charge in [-0.15, -0.1) is 0 Å². The normalized spacial score (nSPS) is 11.3. The smallest absolute Gasteiger partial charge is 0.407 e. The van der Waals surface area contributed by atoms with Gasteiger partial charge in [-0.1, -0.05) is 43.9 Å². The van der Waals surface area contributed by atoms with E-state index in [1.807, 2.05) is 39.0 Å². The van der Waals surface area contributed by atoms with Crippen LogP contribution in [0.15, 0.2) is 24.3 Å². The molecule has 0 atom stereocenters. The number of unbranched alkanes of at least 4 members (excludes halogenated alkanes) is 5. The van der Waals surface area contributed by atoms with E-state index in [-0.39, 0.29) is 6.09 Å². The molecule has 0 aliphatic heterocycles. The van der Waals surface area contributed by atoms with Gasteiger partial charge in [0.25, 0.3) is 0 Å². The van der Waals surface area contributed by atoms with Crippen LogP contribution in [-0.2, 0) is 11.2 Å². The summed E-state index contributed by atoms with van der Waals surface area (Å²) < 4.78 is 5.18. The van der Waals surface area contributed by atoms with Crippen LogP contribution in [0.3, 0.4) is 0 Å². The van der Waals surface area contributed by atoms with Gasteiger partial charge in [-0.25, -0.2) is 4.79 Å². The third-order valence-corrected chi connectivity index (χ3v) is 3.53. The van der Waals surface area contributed by atoms with E-state index in [1.165, 1.54) is 19.3 Å². The van der Waals surface area contributed by atoms with Gasteiger partial charge in [0, 0.05) is 6.54 Å². The van der Waals surface area contributed by atoms with E-state index in [2.05, 4.69) is 5.32 Å². The molecule has 23 heavy (non-hydrogen) atoms. The van der Waals surface area contributed by atoms with Crippen molar-refractivity contribution in [3.63, 3.8) is 0 Å². The number of aromatic hydroxyl groups is 1. The molecule has 1 aromatic carbocycles. The summed E-state index contributed by atoms with van der Waals surface area (Å²) in [4.78, 5) is 11.4. The third kappa shape index (κ3) is 9.82. The number of phenols is 1. The van der Waals surface area contributed by atoms with Crippen LogP contribution in [0.4, 0.5) is 4.79 Å². The Morgan fingerprint density at radius 2 is 1.65 bits per heavy atom. The first-order valence-corrected chi connectivity index (χ1v) is 8.62. The second kappa shape index (κ2) is 10.1. The predicted octanol–water partition coefficient (Wildman–Crippen LogP) is 4.80. The topological polar surface area (TPSA) is 58.6 Å². The number of hydrogen-bond acceptors (Lipinski definition) is 3. The number of carbonyl (C=O) groups is 1. The van der Waals surface area contributed by atoms with E-state index in [9.17, 15) is 9.90 Å². The van der Waals surface area contributed by atoms with Crippen molar-refractivity contribution in [3.8, 4) is 5.75 Å². The van der Waals surface area contributed by atoms with Crippen molar-refractivity contribution in [2.75, 3.05) is 6.54 Å². The first kappa shape index (κ1) is 19.3. The zero-order valence-electron chi connectivity index (χ0n) is 14.7. The summed E-state index contributed by atoms with van der Waals surface area (Å²) in [6.45, 7) is 6.26. The number of ether oxygens (including phenoxy) is 1. The Morgan fingerprint density at radius 3 is 2.30 bits per heavy atom. The van der Waals surface area contributed by atoms with Crippen LogP contribution in [-0.4, -0.2) is 23.3 Å². The molecule has 4 nitrogen and oxygen atoms in total. The molecule has 1 amide bonds. The SMILES string of the molecule is CC(C)(C)OC(=O)NCCCCCCCCc1ccccc1O. The summed E-state index contributed by atoms with van der Waals surface area (Å²) in [6, 6.07) is 7.54. The quantitative estimate of drug-likeness (QED) is 0.642. The molecule has 0 heterocycles. The number of amides is 1. The van der Waals surface area contributed by atoms with Gasteiger partial charge >= 0.3 is 6.09 Å².